The minimum Gasteiger partial charge on any atom is -0.467 e. The molecule has 0 bridgehead atoms. The third kappa shape index (κ3) is 2.37. The molecule has 0 aliphatic heterocycles. The van der Waals surface area contributed by atoms with E-state index in [2.05, 4.69) is 4.74 Å². The van der Waals surface area contributed by atoms with Crippen LogP contribution in [0, 0.1) is 0 Å². The van der Waals surface area contributed by atoms with E-state index < -0.39 is 17.5 Å². The quantitative estimate of drug-likeness (QED) is 0.802. The number of nitrogens with two attached hydrogens (primary N) is 1. The number of nitrogens with zero attached hydrogens (tertiary/aromatic N) is 1. The number of hydrogen-bond acceptors (Lipinski definition) is 4. The molecule has 106 valence electrons. The van der Waals surface area contributed by atoms with Gasteiger partial charge in [0.2, 0.25) is 0 Å². The van der Waals surface area contributed by atoms with Crippen molar-refractivity contribution < 1.29 is 19.4 Å². The monoisotopic (exact) mass is 276 g/mol. The molecule has 0 fully saturated rings. The molecule has 1 aromatic heterocycles. The molecule has 0 spiro atoms. The van der Waals surface area contributed by atoms with Gasteiger partial charge in [0.1, 0.15) is 0 Å². The lowest BCUT2D eigenvalue weighted by Gasteiger charge is -2.21. The number of fused-ring (bicyclic) bond motifs is 1. The van der Waals surface area contributed by atoms with Gasteiger partial charge in [-0.05, 0) is 13.0 Å². The first-order valence-corrected chi connectivity index (χ1v) is 6.05. The van der Waals surface area contributed by atoms with Crippen molar-refractivity contribution >= 4 is 22.8 Å². The maximum atomic E-state index is 11.5. The van der Waals surface area contributed by atoms with Gasteiger partial charge < -0.3 is 20.1 Å². The molecule has 1 amide bonds. The molecule has 3 N–H and O–H groups in total. The highest BCUT2D eigenvalue weighted by atomic mass is 16.5. The van der Waals surface area contributed by atoms with E-state index in [4.69, 9.17) is 5.73 Å². The largest absolute Gasteiger partial charge is 0.467 e. The van der Waals surface area contributed by atoms with E-state index in [0.29, 0.717) is 16.5 Å². The molecular weight excluding hydrogens is 260 g/mol. The minimum atomic E-state index is -1.69. The van der Waals surface area contributed by atoms with Crippen LogP contribution in [0.2, 0.25) is 0 Å². The zero-order valence-electron chi connectivity index (χ0n) is 11.3. The van der Waals surface area contributed by atoms with Gasteiger partial charge in [-0.3, -0.25) is 4.79 Å². The molecule has 1 atom stereocenters. The second kappa shape index (κ2) is 4.97. The Morgan fingerprint density at radius 2 is 2.05 bits per heavy atom. The van der Waals surface area contributed by atoms with E-state index in [0.717, 1.165) is 0 Å². The molecule has 2 aromatic rings. The van der Waals surface area contributed by atoms with Gasteiger partial charge >= 0.3 is 5.97 Å². The Morgan fingerprint density at radius 3 is 2.65 bits per heavy atom. The van der Waals surface area contributed by atoms with Crippen LogP contribution < -0.4 is 5.73 Å². The number of para-hydroxylation sites is 1. The Hall–Kier alpha value is -2.34. The maximum absolute atomic E-state index is 11.5. The number of carbonyl (C=O) groups is 2. The van der Waals surface area contributed by atoms with Gasteiger partial charge in [0.25, 0.3) is 5.91 Å². The summed E-state index contributed by atoms with van der Waals surface area (Å²) < 4.78 is 6.18. The van der Waals surface area contributed by atoms with Crippen molar-refractivity contribution in [2.24, 2.45) is 5.73 Å². The van der Waals surface area contributed by atoms with Crippen LogP contribution in [0.3, 0.4) is 0 Å². The normalized spacial score (nSPS) is 13.9. The smallest absolute Gasteiger partial charge is 0.339 e. The van der Waals surface area contributed by atoms with Crippen molar-refractivity contribution in [1.29, 1.82) is 0 Å². The lowest BCUT2D eigenvalue weighted by atomic mass is 10.1. The van der Waals surface area contributed by atoms with Crippen molar-refractivity contribution in [2.45, 2.75) is 19.1 Å². The Kier molecular flexibility index (Phi) is 3.50. The van der Waals surface area contributed by atoms with Crippen LogP contribution in [0.25, 0.3) is 10.9 Å². The molecule has 20 heavy (non-hydrogen) atoms. The molecule has 0 saturated heterocycles. The van der Waals surface area contributed by atoms with Gasteiger partial charge in [-0.2, -0.15) is 0 Å². The number of esters is 1. The van der Waals surface area contributed by atoms with Crippen LogP contribution in [0.1, 0.15) is 17.3 Å². The number of primary amides is 1. The molecule has 0 aliphatic rings. The molecule has 0 aliphatic carbocycles. The summed E-state index contributed by atoms with van der Waals surface area (Å²) in [7, 11) is 1.21. The van der Waals surface area contributed by atoms with E-state index >= 15 is 0 Å². The predicted octanol–water partition coefficient (Wildman–Crippen LogP) is 0.664. The fourth-order valence-electron chi connectivity index (χ4n) is 2.19. The average Bonchev–Trinajstić information content (AvgIpc) is 2.76. The SMILES string of the molecule is COC(=O)C(C)(O)Cn1cc(C(N)=O)c2ccccc21. The first kappa shape index (κ1) is 14.1. The van der Waals surface area contributed by atoms with Gasteiger partial charge in [0.15, 0.2) is 5.60 Å². The number of aliphatic hydroxyl groups is 1. The van der Waals surface area contributed by atoms with Crippen LogP contribution in [0.5, 0.6) is 0 Å². The summed E-state index contributed by atoms with van der Waals surface area (Å²) >= 11 is 0. The summed E-state index contributed by atoms with van der Waals surface area (Å²) in [5, 5.41) is 10.8. The van der Waals surface area contributed by atoms with Crippen molar-refractivity contribution in [3.05, 3.63) is 36.0 Å². The number of amides is 1. The Balaban J connectivity index is 2.50. The molecule has 6 heteroatoms. The van der Waals surface area contributed by atoms with Crippen molar-refractivity contribution in [1.82, 2.24) is 4.57 Å². The molecule has 6 nitrogen and oxygen atoms in total. The fraction of sp³-hybridized carbons (Fsp3) is 0.286. The highest BCUT2D eigenvalue weighted by molar-refractivity contribution is 6.06. The van der Waals surface area contributed by atoms with Crippen LogP contribution in [-0.2, 0) is 16.1 Å². The lowest BCUT2D eigenvalue weighted by Crippen LogP contribution is -2.40. The van der Waals surface area contributed by atoms with Gasteiger partial charge in [0, 0.05) is 17.1 Å². The van der Waals surface area contributed by atoms with Gasteiger partial charge in [-0.25, -0.2) is 4.79 Å². The second-order valence-corrected chi connectivity index (χ2v) is 4.82. The second-order valence-electron chi connectivity index (χ2n) is 4.82. The Morgan fingerprint density at radius 1 is 1.40 bits per heavy atom. The number of aromatic nitrogens is 1. The van der Waals surface area contributed by atoms with E-state index in [1.54, 1.807) is 28.8 Å². The highest BCUT2D eigenvalue weighted by Gasteiger charge is 2.32. The standard InChI is InChI=1S/C14H16N2O4/c1-14(19,13(18)20-2)8-16-7-10(12(15)17)9-5-3-4-6-11(9)16/h3-7,19H,8H2,1-2H3,(H2,15,17). The van der Waals surface area contributed by atoms with E-state index in [-0.39, 0.29) is 6.54 Å². The van der Waals surface area contributed by atoms with Crippen LogP contribution in [0.4, 0.5) is 0 Å². The fourth-order valence-corrected chi connectivity index (χ4v) is 2.19. The van der Waals surface area contributed by atoms with E-state index in [9.17, 15) is 14.7 Å². The Labute approximate surface area is 115 Å². The Bertz CT molecular complexity index is 673. The lowest BCUT2D eigenvalue weighted by molar-refractivity contribution is -0.161. The van der Waals surface area contributed by atoms with Gasteiger partial charge in [0.05, 0.1) is 19.2 Å². The molecule has 1 aromatic carbocycles. The molecule has 2 rings (SSSR count). The third-order valence-corrected chi connectivity index (χ3v) is 3.16. The third-order valence-electron chi connectivity index (χ3n) is 3.16. The van der Waals surface area contributed by atoms with Crippen molar-refractivity contribution in [3.63, 3.8) is 0 Å². The van der Waals surface area contributed by atoms with Crippen molar-refractivity contribution in [2.75, 3.05) is 7.11 Å². The minimum absolute atomic E-state index is 0.0343. The number of rotatable bonds is 4. The number of ether oxygens (including phenoxy) is 1. The summed E-state index contributed by atoms with van der Waals surface area (Å²) in [6, 6.07) is 7.14. The highest BCUT2D eigenvalue weighted by Crippen LogP contribution is 2.23. The predicted molar refractivity (Wildman–Crippen MR) is 73.1 cm³/mol. The van der Waals surface area contributed by atoms with Crippen LogP contribution in [-0.4, -0.2) is 34.3 Å². The summed E-state index contributed by atoms with van der Waals surface area (Å²) in [5.41, 5.74) is 4.71. The summed E-state index contributed by atoms with van der Waals surface area (Å²) in [6.07, 6.45) is 1.53. The van der Waals surface area contributed by atoms with Crippen LogP contribution >= 0.6 is 0 Å². The molecule has 0 radical (unpaired) electrons. The zero-order chi connectivity index (χ0) is 14.9. The number of carbonyl (C=O) groups excluding carboxylic acids is 2. The average molecular weight is 276 g/mol. The zero-order valence-corrected chi connectivity index (χ0v) is 11.3. The summed E-state index contributed by atoms with van der Waals surface area (Å²) in [5.74, 6) is -1.30. The van der Waals surface area contributed by atoms with Gasteiger partial charge in [-0.15, -0.1) is 0 Å². The first-order chi connectivity index (χ1) is 9.36. The maximum Gasteiger partial charge on any atom is 0.339 e. The molecule has 1 unspecified atom stereocenters. The van der Waals surface area contributed by atoms with Gasteiger partial charge in [-0.1, -0.05) is 18.2 Å². The molecular formula is C14H16N2O4. The van der Waals surface area contributed by atoms with E-state index in [1.165, 1.54) is 20.2 Å². The first-order valence-electron chi connectivity index (χ1n) is 6.05. The topological polar surface area (TPSA) is 94.6 Å². The summed E-state index contributed by atoms with van der Waals surface area (Å²) in [4.78, 5) is 23.0. The number of benzene rings is 1. The van der Waals surface area contributed by atoms with E-state index in [1.807, 2.05) is 0 Å². The molecule has 1 heterocycles. The number of hydrogen-bond donors (Lipinski definition) is 2. The number of methoxy groups -OCH3 is 1. The van der Waals surface area contributed by atoms with Crippen molar-refractivity contribution in [3.8, 4) is 0 Å². The summed E-state index contributed by atoms with van der Waals surface area (Å²) in [6.45, 7) is 1.32. The van der Waals surface area contributed by atoms with Crippen LogP contribution in [0.15, 0.2) is 30.5 Å². The molecule has 0 saturated carbocycles.